The highest BCUT2D eigenvalue weighted by Gasteiger charge is 2.17. The van der Waals surface area contributed by atoms with E-state index in [9.17, 15) is 14.4 Å². The molecule has 0 aliphatic heterocycles. The molecule has 7 nitrogen and oxygen atoms in total. The maximum atomic E-state index is 12.8. The number of aryl methyl sites for hydroxylation is 3. The van der Waals surface area contributed by atoms with Crippen molar-refractivity contribution in [2.75, 3.05) is 0 Å². The van der Waals surface area contributed by atoms with Crippen LogP contribution in [0.25, 0.3) is 10.8 Å². The second kappa shape index (κ2) is 10.9. The van der Waals surface area contributed by atoms with Crippen LogP contribution in [0.5, 0.6) is 0 Å². The fourth-order valence-corrected chi connectivity index (χ4v) is 3.57. The maximum absolute atomic E-state index is 12.8. The number of nitrogens with zero attached hydrogens (tertiary/aromatic N) is 2. The summed E-state index contributed by atoms with van der Waals surface area (Å²) in [7, 11) is 0. The van der Waals surface area contributed by atoms with Crippen molar-refractivity contribution in [2.45, 2.75) is 52.5 Å². The molecule has 0 saturated carbocycles. The van der Waals surface area contributed by atoms with Crippen molar-refractivity contribution in [3.8, 4) is 0 Å². The van der Waals surface area contributed by atoms with Crippen molar-refractivity contribution in [1.29, 1.82) is 0 Å². The average molecular weight is 455 g/mol. The molecule has 0 bridgehead atoms. The molecule has 0 aliphatic carbocycles. The number of amides is 2. The standard InChI is InChI=1S/C24H27ClN4O3/c1-3-4-7-14-29-24(32)19-9-6-5-8-18(19)22(28-29)23(31)27-26-21(30)13-12-17-11-10-16(2)20(25)15-17/h5-6,8-11,15H,3-4,7,12-14H2,1-2H3,(H,26,30)(H,27,31). The van der Waals surface area contributed by atoms with Crippen molar-refractivity contribution in [3.63, 3.8) is 0 Å². The number of benzene rings is 2. The van der Waals surface area contributed by atoms with E-state index in [4.69, 9.17) is 11.6 Å². The Kier molecular flexibility index (Phi) is 8.00. The lowest BCUT2D eigenvalue weighted by Crippen LogP contribution is -2.43. The highest BCUT2D eigenvalue weighted by Crippen LogP contribution is 2.17. The first-order chi connectivity index (χ1) is 15.4. The fraction of sp³-hybridized carbons (Fsp3) is 0.333. The Balaban J connectivity index is 1.69. The molecule has 2 N–H and O–H groups in total. The number of carbonyl (C=O) groups excluding carboxylic acids is 2. The van der Waals surface area contributed by atoms with Crippen LogP contribution in [-0.2, 0) is 17.8 Å². The lowest BCUT2D eigenvalue weighted by Gasteiger charge is -2.12. The third kappa shape index (κ3) is 5.73. The first-order valence-electron chi connectivity index (χ1n) is 10.7. The number of halogens is 1. The number of aromatic nitrogens is 2. The van der Waals surface area contributed by atoms with Crippen LogP contribution in [0.3, 0.4) is 0 Å². The van der Waals surface area contributed by atoms with Crippen molar-refractivity contribution in [2.24, 2.45) is 0 Å². The summed E-state index contributed by atoms with van der Waals surface area (Å²) in [5.41, 5.74) is 6.63. The molecule has 1 aromatic heterocycles. The van der Waals surface area contributed by atoms with Crippen LogP contribution < -0.4 is 16.4 Å². The van der Waals surface area contributed by atoms with E-state index >= 15 is 0 Å². The molecule has 168 valence electrons. The molecular weight excluding hydrogens is 428 g/mol. The van der Waals surface area contributed by atoms with E-state index in [2.05, 4.69) is 22.9 Å². The predicted molar refractivity (Wildman–Crippen MR) is 126 cm³/mol. The maximum Gasteiger partial charge on any atom is 0.290 e. The molecule has 1 heterocycles. The Morgan fingerprint density at radius 3 is 2.53 bits per heavy atom. The quantitative estimate of drug-likeness (QED) is 0.398. The van der Waals surface area contributed by atoms with E-state index in [0.29, 0.717) is 28.8 Å². The fourth-order valence-electron chi connectivity index (χ4n) is 3.36. The number of carbonyl (C=O) groups is 2. The zero-order valence-electron chi connectivity index (χ0n) is 18.3. The highest BCUT2D eigenvalue weighted by atomic mass is 35.5. The van der Waals surface area contributed by atoms with Crippen LogP contribution in [0.4, 0.5) is 0 Å². The van der Waals surface area contributed by atoms with Gasteiger partial charge in [-0.1, -0.05) is 61.7 Å². The molecule has 0 fully saturated rings. The molecule has 0 unspecified atom stereocenters. The van der Waals surface area contributed by atoms with Crippen LogP contribution in [0.15, 0.2) is 47.3 Å². The van der Waals surface area contributed by atoms with Gasteiger partial charge in [0.1, 0.15) is 0 Å². The molecule has 0 spiro atoms. The smallest absolute Gasteiger partial charge is 0.273 e. The van der Waals surface area contributed by atoms with Gasteiger partial charge in [0.05, 0.1) is 5.39 Å². The van der Waals surface area contributed by atoms with Gasteiger partial charge < -0.3 is 0 Å². The Morgan fingerprint density at radius 1 is 1.06 bits per heavy atom. The van der Waals surface area contributed by atoms with Gasteiger partial charge in [0.25, 0.3) is 11.5 Å². The summed E-state index contributed by atoms with van der Waals surface area (Å²) in [5, 5.41) is 5.82. The minimum Gasteiger partial charge on any atom is -0.273 e. The second-order valence-electron chi connectivity index (χ2n) is 7.72. The lowest BCUT2D eigenvalue weighted by atomic mass is 10.1. The van der Waals surface area contributed by atoms with E-state index in [1.54, 1.807) is 24.3 Å². The molecule has 0 saturated heterocycles. The SMILES string of the molecule is CCCCCn1nc(C(=O)NNC(=O)CCc2ccc(C)c(Cl)c2)c2ccccc2c1=O. The van der Waals surface area contributed by atoms with Crippen LogP contribution in [0.1, 0.15) is 54.2 Å². The first-order valence-corrected chi connectivity index (χ1v) is 11.1. The molecule has 2 amide bonds. The van der Waals surface area contributed by atoms with Gasteiger partial charge >= 0.3 is 0 Å². The lowest BCUT2D eigenvalue weighted by molar-refractivity contribution is -0.121. The summed E-state index contributed by atoms with van der Waals surface area (Å²) in [6.45, 7) is 4.42. The second-order valence-corrected chi connectivity index (χ2v) is 8.12. The Morgan fingerprint density at radius 2 is 1.81 bits per heavy atom. The number of unbranched alkanes of at least 4 members (excludes halogenated alkanes) is 2. The van der Waals surface area contributed by atoms with Crippen molar-refractivity contribution >= 4 is 34.2 Å². The first kappa shape index (κ1) is 23.5. The van der Waals surface area contributed by atoms with Gasteiger partial charge in [-0.05, 0) is 43.0 Å². The zero-order chi connectivity index (χ0) is 23.1. The minimum atomic E-state index is -0.572. The van der Waals surface area contributed by atoms with E-state index in [0.717, 1.165) is 30.4 Å². The minimum absolute atomic E-state index is 0.0994. The van der Waals surface area contributed by atoms with Gasteiger partial charge in [-0.15, -0.1) is 0 Å². The van der Waals surface area contributed by atoms with E-state index in [1.807, 2.05) is 25.1 Å². The zero-order valence-corrected chi connectivity index (χ0v) is 19.0. The van der Waals surface area contributed by atoms with Crippen LogP contribution in [0, 0.1) is 6.92 Å². The number of hydrogen-bond donors (Lipinski definition) is 2. The van der Waals surface area contributed by atoms with Gasteiger partial charge in [-0.2, -0.15) is 5.10 Å². The van der Waals surface area contributed by atoms with Crippen molar-refractivity contribution in [3.05, 3.63) is 74.7 Å². The van der Waals surface area contributed by atoms with Gasteiger partial charge in [-0.25, -0.2) is 4.68 Å². The number of hydrogen-bond acceptors (Lipinski definition) is 4. The largest absolute Gasteiger partial charge is 0.290 e. The van der Waals surface area contributed by atoms with Crippen molar-refractivity contribution < 1.29 is 9.59 Å². The number of fused-ring (bicyclic) bond motifs is 1. The summed E-state index contributed by atoms with van der Waals surface area (Å²) >= 11 is 6.12. The molecule has 0 aliphatic rings. The molecule has 2 aromatic carbocycles. The third-order valence-corrected chi connectivity index (χ3v) is 5.66. The van der Waals surface area contributed by atoms with Crippen molar-refractivity contribution in [1.82, 2.24) is 20.6 Å². The topological polar surface area (TPSA) is 93.1 Å². The summed E-state index contributed by atoms with van der Waals surface area (Å²) in [4.78, 5) is 37.7. The molecule has 3 aromatic rings. The Labute approximate surface area is 191 Å². The predicted octanol–water partition coefficient (Wildman–Crippen LogP) is 3.94. The van der Waals surface area contributed by atoms with Gasteiger partial charge in [0.2, 0.25) is 5.91 Å². The third-order valence-electron chi connectivity index (χ3n) is 5.25. The monoisotopic (exact) mass is 454 g/mol. The summed E-state index contributed by atoms with van der Waals surface area (Å²) in [6.07, 6.45) is 3.44. The van der Waals surface area contributed by atoms with Gasteiger partial charge in [0, 0.05) is 23.4 Å². The molecule has 3 rings (SSSR count). The molecule has 8 heteroatoms. The average Bonchev–Trinajstić information content (AvgIpc) is 2.80. The number of hydrazine groups is 1. The van der Waals surface area contributed by atoms with Crippen LogP contribution >= 0.6 is 11.6 Å². The van der Waals surface area contributed by atoms with Crippen LogP contribution in [-0.4, -0.2) is 21.6 Å². The summed E-state index contributed by atoms with van der Waals surface area (Å²) < 4.78 is 1.33. The number of rotatable bonds is 8. The van der Waals surface area contributed by atoms with Gasteiger partial charge in [0.15, 0.2) is 5.69 Å². The molecule has 32 heavy (non-hydrogen) atoms. The van der Waals surface area contributed by atoms with E-state index < -0.39 is 5.91 Å². The summed E-state index contributed by atoms with van der Waals surface area (Å²) in [5.74, 6) is -0.909. The normalized spacial score (nSPS) is 10.8. The highest BCUT2D eigenvalue weighted by molar-refractivity contribution is 6.31. The number of nitrogens with one attached hydrogen (secondary N) is 2. The summed E-state index contributed by atoms with van der Waals surface area (Å²) in [6, 6.07) is 12.5. The van der Waals surface area contributed by atoms with E-state index in [1.165, 1.54) is 4.68 Å². The Hall–Kier alpha value is -3.19. The molecular formula is C24H27ClN4O3. The van der Waals surface area contributed by atoms with Crippen LogP contribution in [0.2, 0.25) is 5.02 Å². The Bertz CT molecular complexity index is 1190. The van der Waals surface area contributed by atoms with Gasteiger partial charge in [-0.3, -0.25) is 25.2 Å². The molecule has 0 atom stereocenters. The van der Waals surface area contributed by atoms with E-state index in [-0.39, 0.29) is 23.6 Å². The molecule has 0 radical (unpaired) electrons.